The Balaban J connectivity index is 2.22. The van der Waals surface area contributed by atoms with E-state index in [1.54, 1.807) is 6.92 Å². The standard InChI is InChI=1S/C14H19NO5/c1-10-3-5-12(6-4-10)20-7-11(2)15-13(16)8-19-9-14(17)18/h3-6,11H,7-9H2,1-2H3,(H,15,16)(H,17,18). The molecule has 0 saturated heterocycles. The number of ether oxygens (including phenoxy) is 2. The number of carboxylic acid groups (broad SMARTS) is 1. The van der Waals surface area contributed by atoms with Crippen LogP contribution in [0.15, 0.2) is 24.3 Å². The molecule has 1 amide bonds. The Morgan fingerprint density at radius 2 is 1.90 bits per heavy atom. The second-order valence-electron chi connectivity index (χ2n) is 4.48. The predicted octanol–water partition coefficient (Wildman–Crippen LogP) is 0.980. The topological polar surface area (TPSA) is 84.9 Å². The number of hydrogen-bond acceptors (Lipinski definition) is 4. The summed E-state index contributed by atoms with van der Waals surface area (Å²) in [6, 6.07) is 7.41. The van der Waals surface area contributed by atoms with E-state index in [1.807, 2.05) is 31.2 Å². The zero-order chi connectivity index (χ0) is 15.0. The van der Waals surface area contributed by atoms with Crippen LogP contribution in [-0.4, -0.2) is 42.8 Å². The molecule has 0 aliphatic carbocycles. The van der Waals surface area contributed by atoms with Crippen molar-refractivity contribution in [3.63, 3.8) is 0 Å². The van der Waals surface area contributed by atoms with E-state index in [9.17, 15) is 9.59 Å². The molecule has 110 valence electrons. The molecule has 1 unspecified atom stereocenters. The van der Waals surface area contributed by atoms with Crippen LogP contribution in [0.2, 0.25) is 0 Å². The van der Waals surface area contributed by atoms with Crippen LogP contribution in [0.25, 0.3) is 0 Å². The minimum atomic E-state index is -1.10. The molecular weight excluding hydrogens is 262 g/mol. The van der Waals surface area contributed by atoms with Crippen molar-refractivity contribution in [2.24, 2.45) is 0 Å². The van der Waals surface area contributed by atoms with E-state index < -0.39 is 12.6 Å². The molecule has 0 aliphatic heterocycles. The molecule has 2 N–H and O–H groups in total. The highest BCUT2D eigenvalue weighted by atomic mass is 16.5. The zero-order valence-corrected chi connectivity index (χ0v) is 11.6. The molecule has 0 fully saturated rings. The maximum Gasteiger partial charge on any atom is 0.329 e. The second-order valence-corrected chi connectivity index (χ2v) is 4.48. The van der Waals surface area contributed by atoms with Gasteiger partial charge >= 0.3 is 5.97 Å². The van der Waals surface area contributed by atoms with E-state index >= 15 is 0 Å². The van der Waals surface area contributed by atoms with Gasteiger partial charge in [-0.25, -0.2) is 4.79 Å². The number of hydrogen-bond donors (Lipinski definition) is 2. The Bertz CT molecular complexity index is 443. The first-order chi connectivity index (χ1) is 9.47. The fourth-order valence-electron chi connectivity index (χ4n) is 1.44. The number of aliphatic carboxylic acids is 1. The zero-order valence-electron chi connectivity index (χ0n) is 11.6. The van der Waals surface area contributed by atoms with E-state index in [0.29, 0.717) is 6.61 Å². The van der Waals surface area contributed by atoms with E-state index in [1.165, 1.54) is 0 Å². The predicted molar refractivity (Wildman–Crippen MR) is 72.7 cm³/mol. The lowest BCUT2D eigenvalue weighted by Gasteiger charge is -2.15. The molecule has 0 radical (unpaired) electrons. The molecule has 0 spiro atoms. The van der Waals surface area contributed by atoms with Gasteiger partial charge in [0, 0.05) is 0 Å². The third-order valence-corrected chi connectivity index (χ3v) is 2.39. The number of carbonyl (C=O) groups excluding carboxylic acids is 1. The van der Waals surface area contributed by atoms with Crippen LogP contribution in [0, 0.1) is 6.92 Å². The molecule has 0 heterocycles. The van der Waals surface area contributed by atoms with Crippen LogP contribution in [0.1, 0.15) is 12.5 Å². The number of amides is 1. The van der Waals surface area contributed by atoms with Gasteiger partial charge in [-0.2, -0.15) is 0 Å². The maximum atomic E-state index is 11.4. The maximum absolute atomic E-state index is 11.4. The SMILES string of the molecule is Cc1ccc(OCC(C)NC(=O)COCC(=O)O)cc1. The lowest BCUT2D eigenvalue weighted by molar-refractivity contribution is -0.143. The molecule has 1 atom stereocenters. The van der Waals surface area contributed by atoms with Gasteiger partial charge < -0.3 is 19.9 Å². The average molecular weight is 281 g/mol. The summed E-state index contributed by atoms with van der Waals surface area (Å²) in [5.41, 5.74) is 1.15. The van der Waals surface area contributed by atoms with Crippen molar-refractivity contribution in [2.45, 2.75) is 19.9 Å². The van der Waals surface area contributed by atoms with Gasteiger partial charge in [0.2, 0.25) is 5.91 Å². The summed E-state index contributed by atoms with van der Waals surface area (Å²) in [5.74, 6) is -0.737. The van der Waals surface area contributed by atoms with Crippen LogP contribution < -0.4 is 10.1 Å². The summed E-state index contributed by atoms with van der Waals surface area (Å²) < 4.78 is 10.2. The first-order valence-corrected chi connectivity index (χ1v) is 6.25. The summed E-state index contributed by atoms with van der Waals surface area (Å²) in [7, 11) is 0. The van der Waals surface area contributed by atoms with Gasteiger partial charge in [0.15, 0.2) is 0 Å². The molecule has 1 rings (SSSR count). The quantitative estimate of drug-likeness (QED) is 0.742. The number of aryl methyl sites for hydroxylation is 1. The molecule has 1 aromatic rings. The van der Waals surface area contributed by atoms with Gasteiger partial charge in [0.05, 0.1) is 6.04 Å². The fraction of sp³-hybridized carbons (Fsp3) is 0.429. The second kappa shape index (κ2) is 8.16. The van der Waals surface area contributed by atoms with Gasteiger partial charge in [-0.15, -0.1) is 0 Å². The summed E-state index contributed by atoms with van der Waals surface area (Å²) in [5, 5.41) is 11.0. The Hall–Kier alpha value is -2.08. The van der Waals surface area contributed by atoms with E-state index in [0.717, 1.165) is 11.3 Å². The monoisotopic (exact) mass is 281 g/mol. The van der Waals surface area contributed by atoms with Crippen LogP contribution in [0.3, 0.4) is 0 Å². The number of benzene rings is 1. The Morgan fingerprint density at radius 3 is 2.50 bits per heavy atom. The van der Waals surface area contributed by atoms with Crippen LogP contribution in [0.5, 0.6) is 5.75 Å². The van der Waals surface area contributed by atoms with Crippen molar-refractivity contribution in [3.05, 3.63) is 29.8 Å². The summed E-state index contributed by atoms with van der Waals surface area (Å²) >= 11 is 0. The number of rotatable bonds is 8. The van der Waals surface area contributed by atoms with E-state index in [-0.39, 0.29) is 18.6 Å². The number of carbonyl (C=O) groups is 2. The summed E-state index contributed by atoms with van der Waals surface area (Å²) in [4.78, 5) is 21.6. The van der Waals surface area contributed by atoms with Crippen LogP contribution >= 0.6 is 0 Å². The summed E-state index contributed by atoms with van der Waals surface area (Å²) in [6.07, 6.45) is 0. The van der Waals surface area contributed by atoms with Gasteiger partial charge in [-0.3, -0.25) is 4.79 Å². The van der Waals surface area contributed by atoms with Crippen LogP contribution in [-0.2, 0) is 14.3 Å². The highest BCUT2D eigenvalue weighted by molar-refractivity contribution is 5.78. The van der Waals surface area contributed by atoms with Crippen molar-refractivity contribution in [1.29, 1.82) is 0 Å². The van der Waals surface area contributed by atoms with Gasteiger partial charge in [-0.05, 0) is 26.0 Å². The Labute approximate surface area is 117 Å². The fourth-order valence-corrected chi connectivity index (χ4v) is 1.44. The van der Waals surface area contributed by atoms with Gasteiger partial charge in [-0.1, -0.05) is 17.7 Å². The van der Waals surface area contributed by atoms with Crippen molar-refractivity contribution in [2.75, 3.05) is 19.8 Å². The molecular formula is C14H19NO5. The molecule has 0 bridgehead atoms. The normalized spacial score (nSPS) is 11.7. The van der Waals surface area contributed by atoms with Gasteiger partial charge in [0.1, 0.15) is 25.6 Å². The minimum Gasteiger partial charge on any atom is -0.491 e. The molecule has 6 heteroatoms. The molecule has 6 nitrogen and oxygen atoms in total. The van der Waals surface area contributed by atoms with Gasteiger partial charge in [0.25, 0.3) is 0 Å². The molecule has 0 aromatic heterocycles. The van der Waals surface area contributed by atoms with Crippen LogP contribution in [0.4, 0.5) is 0 Å². The summed E-state index contributed by atoms with van der Waals surface area (Å²) in [6.45, 7) is 3.35. The lowest BCUT2D eigenvalue weighted by atomic mass is 10.2. The molecule has 0 aliphatic rings. The highest BCUT2D eigenvalue weighted by Crippen LogP contribution is 2.11. The average Bonchev–Trinajstić information content (AvgIpc) is 2.37. The molecule has 1 aromatic carbocycles. The molecule has 0 saturated carbocycles. The smallest absolute Gasteiger partial charge is 0.329 e. The van der Waals surface area contributed by atoms with E-state index in [4.69, 9.17) is 9.84 Å². The Morgan fingerprint density at radius 1 is 1.25 bits per heavy atom. The van der Waals surface area contributed by atoms with Crippen molar-refractivity contribution in [1.82, 2.24) is 5.32 Å². The largest absolute Gasteiger partial charge is 0.491 e. The lowest BCUT2D eigenvalue weighted by Crippen LogP contribution is -2.39. The minimum absolute atomic E-state index is 0.197. The first-order valence-electron chi connectivity index (χ1n) is 6.25. The van der Waals surface area contributed by atoms with Crippen molar-refractivity contribution < 1.29 is 24.2 Å². The van der Waals surface area contributed by atoms with E-state index in [2.05, 4.69) is 10.1 Å². The van der Waals surface area contributed by atoms with Crippen molar-refractivity contribution in [3.8, 4) is 5.75 Å². The van der Waals surface area contributed by atoms with Crippen molar-refractivity contribution >= 4 is 11.9 Å². The highest BCUT2D eigenvalue weighted by Gasteiger charge is 2.09. The first kappa shape index (κ1) is 16.0. The third kappa shape index (κ3) is 6.75. The molecule has 20 heavy (non-hydrogen) atoms. The number of carboxylic acids is 1. The Kier molecular flexibility index (Phi) is 6.52. The third-order valence-electron chi connectivity index (χ3n) is 2.39. The number of nitrogens with one attached hydrogen (secondary N) is 1.